The number of ether oxygens (including phenoxy) is 1. The van der Waals surface area contributed by atoms with Crippen LogP contribution in [0.15, 0.2) is 0 Å². The van der Waals surface area contributed by atoms with Crippen LogP contribution in [0.2, 0.25) is 0 Å². The number of aliphatic hydroxyl groups is 1. The number of nitrogens with one attached hydrogen (secondary N) is 2. The monoisotopic (exact) mass is 259 g/mol. The Kier molecular flexibility index (Phi) is 6.38. The molecule has 0 bridgehead atoms. The van der Waals surface area contributed by atoms with E-state index in [9.17, 15) is 9.90 Å². The smallest absolute Gasteiger partial charge is 0.315 e. The molecule has 3 atom stereocenters. The van der Waals surface area contributed by atoms with Crippen LogP contribution in [0, 0.1) is 0 Å². The third-order valence-electron chi connectivity index (χ3n) is 3.02. The molecule has 0 aromatic rings. The fourth-order valence-corrected chi connectivity index (χ4v) is 2.17. The summed E-state index contributed by atoms with van der Waals surface area (Å²) >= 11 is 0. The molecule has 1 aliphatic heterocycles. The van der Waals surface area contributed by atoms with E-state index in [0.29, 0.717) is 6.54 Å². The summed E-state index contributed by atoms with van der Waals surface area (Å²) < 4.78 is 5.72. The van der Waals surface area contributed by atoms with Crippen molar-refractivity contribution in [3.8, 4) is 0 Å². The molecule has 0 unspecified atom stereocenters. The highest BCUT2D eigenvalue weighted by Crippen LogP contribution is 2.21. The molecule has 0 radical (unpaired) electrons. The zero-order valence-corrected chi connectivity index (χ0v) is 11.2. The summed E-state index contributed by atoms with van der Waals surface area (Å²) in [7, 11) is 0. The molecule has 1 fully saturated rings. The second-order valence-electron chi connectivity index (χ2n) is 5.01. The average molecular weight is 259 g/mol. The first-order valence-electron chi connectivity index (χ1n) is 6.60. The lowest BCUT2D eigenvalue weighted by atomic mass is 9.97. The summed E-state index contributed by atoms with van der Waals surface area (Å²) in [4.78, 5) is 11.6. The summed E-state index contributed by atoms with van der Waals surface area (Å²) in [5, 5.41) is 14.9. The van der Waals surface area contributed by atoms with Crippen molar-refractivity contribution >= 4 is 6.03 Å². The molecule has 1 heterocycles. The van der Waals surface area contributed by atoms with Gasteiger partial charge in [0.1, 0.15) is 6.10 Å². The lowest BCUT2D eigenvalue weighted by Crippen LogP contribution is -2.54. The number of amides is 2. The number of rotatable bonds is 5. The predicted molar refractivity (Wildman–Crippen MR) is 69.2 cm³/mol. The van der Waals surface area contributed by atoms with E-state index in [0.717, 1.165) is 19.3 Å². The van der Waals surface area contributed by atoms with Crippen LogP contribution < -0.4 is 16.4 Å². The maximum Gasteiger partial charge on any atom is 0.315 e. The summed E-state index contributed by atoms with van der Waals surface area (Å²) in [6, 6.07) is -0.260. The topological polar surface area (TPSA) is 96.6 Å². The zero-order chi connectivity index (χ0) is 13.5. The molecule has 18 heavy (non-hydrogen) atoms. The Hall–Kier alpha value is -0.850. The minimum Gasteiger partial charge on any atom is -0.394 e. The third kappa shape index (κ3) is 4.80. The average Bonchev–Trinajstić information content (AvgIpc) is 2.30. The van der Waals surface area contributed by atoms with E-state index in [4.69, 9.17) is 10.5 Å². The molecule has 1 aliphatic rings. The van der Waals surface area contributed by atoms with Gasteiger partial charge in [0.2, 0.25) is 0 Å². The lowest BCUT2D eigenvalue weighted by Gasteiger charge is -2.36. The van der Waals surface area contributed by atoms with E-state index in [2.05, 4.69) is 10.6 Å². The van der Waals surface area contributed by atoms with E-state index in [-0.39, 0.29) is 36.9 Å². The molecule has 0 spiro atoms. The molecule has 0 aromatic carbocycles. The molecule has 1 saturated heterocycles. The van der Waals surface area contributed by atoms with Gasteiger partial charge < -0.3 is 26.2 Å². The van der Waals surface area contributed by atoms with E-state index in [1.54, 1.807) is 0 Å². The molecule has 106 valence electrons. The standard InChI is InChI=1S/C12H25N3O3/c1-8(2)14-12(17)15-10-4-3-9(5-6-13)18-11(10)7-16/h8-11,16H,3-7,13H2,1-2H3,(H2,14,15,17)/t9-,10+,11-/m1/s1. The molecule has 6 nitrogen and oxygen atoms in total. The maximum absolute atomic E-state index is 11.6. The first kappa shape index (κ1) is 15.2. The van der Waals surface area contributed by atoms with E-state index >= 15 is 0 Å². The predicted octanol–water partition coefficient (Wildman–Crippen LogP) is -0.0487. The third-order valence-corrected chi connectivity index (χ3v) is 3.02. The molecule has 6 heteroatoms. The Bertz CT molecular complexity index is 261. The first-order valence-corrected chi connectivity index (χ1v) is 6.60. The van der Waals surface area contributed by atoms with Crippen LogP contribution in [0.3, 0.4) is 0 Å². The number of nitrogens with two attached hydrogens (primary N) is 1. The van der Waals surface area contributed by atoms with Gasteiger partial charge in [0.05, 0.1) is 18.8 Å². The summed E-state index contributed by atoms with van der Waals surface area (Å²) in [6.07, 6.45) is 2.22. The van der Waals surface area contributed by atoms with Crippen molar-refractivity contribution in [2.75, 3.05) is 13.2 Å². The fraction of sp³-hybridized carbons (Fsp3) is 0.917. The molecule has 0 aliphatic carbocycles. The lowest BCUT2D eigenvalue weighted by molar-refractivity contribution is -0.0884. The number of hydrogen-bond acceptors (Lipinski definition) is 4. The number of hydrogen-bond donors (Lipinski definition) is 4. The minimum absolute atomic E-state index is 0.0896. The van der Waals surface area contributed by atoms with Gasteiger partial charge in [-0.2, -0.15) is 0 Å². The number of aliphatic hydroxyl groups excluding tert-OH is 1. The SMILES string of the molecule is CC(C)NC(=O)N[C@H]1CC[C@H](CCN)O[C@@H]1CO. The van der Waals surface area contributed by atoms with E-state index in [1.165, 1.54) is 0 Å². The van der Waals surface area contributed by atoms with E-state index < -0.39 is 0 Å². The molecule has 2 amide bonds. The van der Waals surface area contributed by atoms with Gasteiger partial charge in [-0.05, 0) is 39.7 Å². The molecule has 1 rings (SSSR count). The van der Waals surface area contributed by atoms with Crippen molar-refractivity contribution in [1.82, 2.24) is 10.6 Å². The molecular formula is C12H25N3O3. The molecular weight excluding hydrogens is 234 g/mol. The largest absolute Gasteiger partial charge is 0.394 e. The van der Waals surface area contributed by atoms with Crippen molar-refractivity contribution < 1.29 is 14.6 Å². The Morgan fingerprint density at radius 1 is 1.50 bits per heavy atom. The molecule has 5 N–H and O–H groups in total. The van der Waals surface area contributed by atoms with Crippen LogP contribution in [0.25, 0.3) is 0 Å². The second-order valence-corrected chi connectivity index (χ2v) is 5.01. The maximum atomic E-state index is 11.6. The summed E-state index contributed by atoms with van der Waals surface area (Å²) in [5.74, 6) is 0. The quantitative estimate of drug-likeness (QED) is 0.556. The van der Waals surface area contributed by atoms with Gasteiger partial charge in [0.25, 0.3) is 0 Å². The van der Waals surface area contributed by atoms with Crippen molar-refractivity contribution in [3.05, 3.63) is 0 Å². The van der Waals surface area contributed by atoms with Gasteiger partial charge in [-0.3, -0.25) is 0 Å². The number of carbonyl (C=O) groups is 1. The van der Waals surface area contributed by atoms with Crippen LogP contribution in [-0.2, 0) is 4.74 Å². The second kappa shape index (κ2) is 7.56. The Labute approximate surface area is 108 Å². The van der Waals surface area contributed by atoms with Crippen LogP contribution in [0.1, 0.15) is 33.1 Å². The highest BCUT2D eigenvalue weighted by Gasteiger charge is 2.31. The van der Waals surface area contributed by atoms with Crippen LogP contribution >= 0.6 is 0 Å². The van der Waals surface area contributed by atoms with Crippen LogP contribution in [0.4, 0.5) is 4.79 Å². The van der Waals surface area contributed by atoms with Crippen LogP contribution in [-0.4, -0.2) is 48.6 Å². The van der Waals surface area contributed by atoms with Gasteiger partial charge in [-0.15, -0.1) is 0 Å². The molecule has 0 aromatic heterocycles. The zero-order valence-electron chi connectivity index (χ0n) is 11.2. The first-order chi connectivity index (χ1) is 8.56. The normalized spacial score (nSPS) is 28.2. The van der Waals surface area contributed by atoms with Crippen molar-refractivity contribution in [2.45, 2.75) is 57.4 Å². The molecule has 0 saturated carbocycles. The highest BCUT2D eigenvalue weighted by atomic mass is 16.5. The van der Waals surface area contributed by atoms with Gasteiger partial charge in [-0.1, -0.05) is 0 Å². The van der Waals surface area contributed by atoms with Crippen molar-refractivity contribution in [2.24, 2.45) is 5.73 Å². The van der Waals surface area contributed by atoms with Crippen molar-refractivity contribution in [1.29, 1.82) is 0 Å². The summed E-state index contributed by atoms with van der Waals surface area (Å²) in [5.41, 5.74) is 5.49. The highest BCUT2D eigenvalue weighted by molar-refractivity contribution is 5.74. The van der Waals surface area contributed by atoms with Gasteiger partial charge in [0, 0.05) is 6.04 Å². The van der Waals surface area contributed by atoms with Gasteiger partial charge in [0.15, 0.2) is 0 Å². The number of carbonyl (C=O) groups excluding carboxylic acids is 1. The van der Waals surface area contributed by atoms with Crippen molar-refractivity contribution in [3.63, 3.8) is 0 Å². The van der Waals surface area contributed by atoms with Gasteiger partial charge in [-0.25, -0.2) is 4.79 Å². The van der Waals surface area contributed by atoms with Crippen LogP contribution in [0.5, 0.6) is 0 Å². The fourth-order valence-electron chi connectivity index (χ4n) is 2.17. The van der Waals surface area contributed by atoms with Gasteiger partial charge >= 0.3 is 6.03 Å². The van der Waals surface area contributed by atoms with E-state index in [1.807, 2.05) is 13.8 Å². The Balaban J connectivity index is 2.43. The summed E-state index contributed by atoms with van der Waals surface area (Å²) in [6.45, 7) is 4.29. The number of urea groups is 1. The minimum atomic E-state index is -0.340. The Morgan fingerprint density at radius 2 is 2.22 bits per heavy atom. The Morgan fingerprint density at radius 3 is 2.78 bits per heavy atom.